The summed E-state index contributed by atoms with van der Waals surface area (Å²) in [5.41, 5.74) is 1.35. The Kier molecular flexibility index (Phi) is 3.33. The quantitative estimate of drug-likeness (QED) is 0.526. The summed E-state index contributed by atoms with van der Waals surface area (Å²) < 4.78 is 0. The molecule has 1 radical (unpaired) electrons. The van der Waals surface area contributed by atoms with Crippen molar-refractivity contribution in [2.45, 2.75) is 6.92 Å². The van der Waals surface area contributed by atoms with Crippen LogP contribution in [-0.2, 0) is 0 Å². The fraction of sp³-hybridized carbons (Fsp3) is 0.0909. The van der Waals surface area contributed by atoms with Crippen LogP contribution in [0.2, 0.25) is 0 Å². The number of hydrogen-bond acceptors (Lipinski definition) is 0. The van der Waals surface area contributed by atoms with Gasteiger partial charge in [0.1, 0.15) is 0 Å². The van der Waals surface area contributed by atoms with E-state index in [1.165, 1.54) is 16.3 Å². The van der Waals surface area contributed by atoms with Crippen LogP contribution in [0.4, 0.5) is 0 Å². The van der Waals surface area contributed by atoms with Gasteiger partial charge in [-0.25, -0.2) is 0 Å². The Labute approximate surface area is 94.9 Å². The first kappa shape index (κ1) is 9.79. The van der Waals surface area contributed by atoms with E-state index in [9.17, 15) is 0 Å². The van der Waals surface area contributed by atoms with Gasteiger partial charge in [0.2, 0.25) is 0 Å². The van der Waals surface area contributed by atoms with Crippen molar-refractivity contribution in [3.8, 4) is 0 Å². The molecule has 0 fully saturated rings. The van der Waals surface area contributed by atoms with Gasteiger partial charge in [-0.2, -0.15) is 0 Å². The van der Waals surface area contributed by atoms with Crippen LogP contribution in [0.25, 0.3) is 10.8 Å². The number of aryl methyl sites for hydroxylation is 1. The standard InChI is InChI=1S/C11H10.Na/c1-9-5-4-7-10-6-2-3-8-11(9)10;/h2-8H,1H3;. The average Bonchev–Trinajstić information content (AvgIpc) is 2.06. The molecule has 0 saturated heterocycles. The first-order chi connectivity index (χ1) is 5.38. The van der Waals surface area contributed by atoms with Crippen molar-refractivity contribution < 1.29 is 0 Å². The normalized spacial score (nSPS) is 9.42. The summed E-state index contributed by atoms with van der Waals surface area (Å²) in [6, 6.07) is 14.8. The summed E-state index contributed by atoms with van der Waals surface area (Å²) in [5, 5.41) is 2.68. The maximum absolute atomic E-state index is 2.16. The van der Waals surface area contributed by atoms with Crippen molar-refractivity contribution in [3.05, 3.63) is 48.0 Å². The molecule has 0 aliphatic rings. The third-order valence-corrected chi connectivity index (χ3v) is 2.01. The molecule has 0 heterocycles. The third kappa shape index (κ3) is 1.71. The van der Waals surface area contributed by atoms with Crippen molar-refractivity contribution in [2.24, 2.45) is 0 Å². The van der Waals surface area contributed by atoms with Crippen molar-refractivity contribution in [3.63, 3.8) is 0 Å². The number of fused-ring (bicyclic) bond motifs is 1. The topological polar surface area (TPSA) is 0 Å². The van der Waals surface area contributed by atoms with E-state index in [-0.39, 0.29) is 29.6 Å². The molecule has 0 atom stereocenters. The van der Waals surface area contributed by atoms with Crippen LogP contribution in [0.5, 0.6) is 0 Å². The molecule has 0 aliphatic carbocycles. The second-order valence-corrected chi connectivity index (χ2v) is 2.80. The van der Waals surface area contributed by atoms with E-state index >= 15 is 0 Å². The van der Waals surface area contributed by atoms with E-state index in [2.05, 4.69) is 49.4 Å². The predicted octanol–water partition coefficient (Wildman–Crippen LogP) is 2.77. The second kappa shape index (κ2) is 4.08. The number of rotatable bonds is 0. The summed E-state index contributed by atoms with van der Waals surface area (Å²) in [7, 11) is 0. The van der Waals surface area contributed by atoms with Crippen molar-refractivity contribution in [1.82, 2.24) is 0 Å². The number of hydrogen-bond donors (Lipinski definition) is 0. The van der Waals surface area contributed by atoms with E-state index in [0.29, 0.717) is 0 Å². The van der Waals surface area contributed by atoms with Crippen LogP contribution in [0.3, 0.4) is 0 Å². The molecule has 0 bridgehead atoms. The smallest absolute Gasteiger partial charge is 0 e. The van der Waals surface area contributed by atoms with Gasteiger partial charge >= 0.3 is 0 Å². The molecule has 0 amide bonds. The molecule has 0 saturated carbocycles. The Balaban J connectivity index is 0.000000720. The molecule has 0 nitrogen and oxygen atoms in total. The van der Waals surface area contributed by atoms with Crippen LogP contribution in [-0.4, -0.2) is 29.6 Å². The van der Waals surface area contributed by atoms with Gasteiger partial charge in [0.25, 0.3) is 0 Å². The molecule has 55 valence electrons. The fourth-order valence-corrected chi connectivity index (χ4v) is 1.39. The minimum absolute atomic E-state index is 0. The number of benzene rings is 2. The van der Waals surface area contributed by atoms with Crippen molar-refractivity contribution in [1.29, 1.82) is 0 Å². The molecular formula is C11H10Na. The van der Waals surface area contributed by atoms with E-state index in [4.69, 9.17) is 0 Å². The molecular weight excluding hydrogens is 155 g/mol. The Morgan fingerprint density at radius 3 is 2.25 bits per heavy atom. The van der Waals surface area contributed by atoms with Crippen LogP contribution in [0, 0.1) is 6.92 Å². The van der Waals surface area contributed by atoms with Crippen molar-refractivity contribution >= 4 is 40.3 Å². The van der Waals surface area contributed by atoms with Crippen LogP contribution in [0.1, 0.15) is 5.56 Å². The molecule has 2 aromatic rings. The first-order valence-electron chi connectivity index (χ1n) is 3.82. The SMILES string of the molecule is Cc1cccc2ccccc12.[Na]. The van der Waals surface area contributed by atoms with Crippen LogP contribution < -0.4 is 0 Å². The predicted molar refractivity (Wildman–Crippen MR) is 54.4 cm³/mol. The Morgan fingerprint density at radius 1 is 0.833 bits per heavy atom. The third-order valence-electron chi connectivity index (χ3n) is 2.01. The first-order valence-corrected chi connectivity index (χ1v) is 3.82. The average molecular weight is 165 g/mol. The summed E-state index contributed by atoms with van der Waals surface area (Å²) in [4.78, 5) is 0. The fourth-order valence-electron chi connectivity index (χ4n) is 1.39. The molecule has 0 unspecified atom stereocenters. The van der Waals surface area contributed by atoms with Gasteiger partial charge in [-0.3, -0.25) is 0 Å². The Morgan fingerprint density at radius 2 is 1.50 bits per heavy atom. The maximum Gasteiger partial charge on any atom is 0 e. The zero-order chi connectivity index (χ0) is 7.68. The maximum atomic E-state index is 2.16. The van der Waals surface area contributed by atoms with E-state index in [1.54, 1.807) is 0 Å². The molecule has 0 spiro atoms. The van der Waals surface area contributed by atoms with Gasteiger partial charge < -0.3 is 0 Å². The molecule has 2 rings (SSSR count). The monoisotopic (exact) mass is 165 g/mol. The molecule has 2 aromatic carbocycles. The van der Waals surface area contributed by atoms with E-state index < -0.39 is 0 Å². The molecule has 0 aromatic heterocycles. The largest absolute Gasteiger partial charge is 0.0616 e. The van der Waals surface area contributed by atoms with Gasteiger partial charge in [-0.1, -0.05) is 42.5 Å². The molecule has 0 N–H and O–H groups in total. The molecule has 0 aliphatic heterocycles. The molecule has 12 heavy (non-hydrogen) atoms. The van der Waals surface area contributed by atoms with Gasteiger partial charge in [0.05, 0.1) is 0 Å². The van der Waals surface area contributed by atoms with E-state index in [1.807, 2.05) is 0 Å². The Bertz CT molecular complexity index is 374. The minimum Gasteiger partial charge on any atom is -0.0616 e. The second-order valence-electron chi connectivity index (χ2n) is 2.80. The van der Waals surface area contributed by atoms with Crippen LogP contribution >= 0.6 is 0 Å². The zero-order valence-electron chi connectivity index (χ0n) is 7.54. The summed E-state index contributed by atoms with van der Waals surface area (Å²) >= 11 is 0. The van der Waals surface area contributed by atoms with Gasteiger partial charge in [0, 0.05) is 29.6 Å². The van der Waals surface area contributed by atoms with Crippen molar-refractivity contribution in [2.75, 3.05) is 0 Å². The zero-order valence-corrected chi connectivity index (χ0v) is 9.54. The minimum atomic E-state index is 0. The summed E-state index contributed by atoms with van der Waals surface area (Å²) in [6.07, 6.45) is 0. The van der Waals surface area contributed by atoms with Gasteiger partial charge in [-0.15, -0.1) is 0 Å². The van der Waals surface area contributed by atoms with E-state index in [0.717, 1.165) is 0 Å². The summed E-state index contributed by atoms with van der Waals surface area (Å²) in [6.45, 7) is 2.14. The van der Waals surface area contributed by atoms with Gasteiger partial charge in [-0.05, 0) is 23.3 Å². The van der Waals surface area contributed by atoms with Gasteiger partial charge in [0.15, 0.2) is 0 Å². The van der Waals surface area contributed by atoms with Crippen LogP contribution in [0.15, 0.2) is 42.5 Å². The Hall–Kier alpha value is -0.300. The summed E-state index contributed by atoms with van der Waals surface area (Å²) in [5.74, 6) is 0. The molecule has 1 heteroatoms.